The van der Waals surface area contributed by atoms with Crippen LogP contribution < -0.4 is 20.1 Å². The third-order valence-corrected chi connectivity index (χ3v) is 4.53. The molecule has 1 atom stereocenters. The van der Waals surface area contributed by atoms with Crippen molar-refractivity contribution < 1.29 is 23.8 Å². The fourth-order valence-corrected chi connectivity index (χ4v) is 3.21. The van der Waals surface area contributed by atoms with E-state index in [1.54, 1.807) is 39.2 Å². The fourth-order valence-electron chi connectivity index (χ4n) is 3.21. The average Bonchev–Trinajstić information content (AvgIpc) is 2.72. The number of hydrogen-bond donors (Lipinski definition) is 2. The van der Waals surface area contributed by atoms with Crippen LogP contribution in [-0.2, 0) is 16.1 Å². The van der Waals surface area contributed by atoms with E-state index in [2.05, 4.69) is 10.6 Å². The molecule has 0 spiro atoms. The molecule has 2 N–H and O–H groups in total. The van der Waals surface area contributed by atoms with Crippen LogP contribution in [0.25, 0.3) is 0 Å². The molecule has 2 aromatic rings. The lowest BCUT2D eigenvalue weighted by Gasteiger charge is -2.29. The number of allylic oxidation sites excluding steroid dienone is 1. The number of carbonyl (C=O) groups is 2. The van der Waals surface area contributed by atoms with E-state index in [1.165, 1.54) is 0 Å². The van der Waals surface area contributed by atoms with Crippen molar-refractivity contribution in [2.45, 2.75) is 26.5 Å². The first-order chi connectivity index (χ1) is 14.0. The second-order valence-electron chi connectivity index (χ2n) is 6.44. The van der Waals surface area contributed by atoms with Crippen molar-refractivity contribution in [2.75, 3.05) is 13.7 Å². The lowest BCUT2D eigenvalue weighted by molar-refractivity contribution is -0.139. The summed E-state index contributed by atoms with van der Waals surface area (Å²) in [6.45, 7) is 3.94. The van der Waals surface area contributed by atoms with Gasteiger partial charge in [0.15, 0.2) is 11.5 Å². The number of nitrogens with one attached hydrogen (secondary N) is 2. The van der Waals surface area contributed by atoms with Gasteiger partial charge < -0.3 is 24.8 Å². The van der Waals surface area contributed by atoms with Gasteiger partial charge in [-0.05, 0) is 25.5 Å². The fraction of sp³-hybridized carbons (Fsp3) is 0.273. The number of carbonyl (C=O) groups excluding carboxylic acids is 2. The zero-order valence-electron chi connectivity index (χ0n) is 16.7. The Morgan fingerprint density at radius 2 is 1.86 bits per heavy atom. The van der Waals surface area contributed by atoms with Gasteiger partial charge in [-0.2, -0.15) is 0 Å². The van der Waals surface area contributed by atoms with Gasteiger partial charge in [-0.1, -0.05) is 42.5 Å². The number of methoxy groups -OCH3 is 1. The highest BCUT2D eigenvalue weighted by Crippen LogP contribution is 2.39. The monoisotopic (exact) mass is 396 g/mol. The van der Waals surface area contributed by atoms with E-state index >= 15 is 0 Å². The van der Waals surface area contributed by atoms with Crippen molar-refractivity contribution in [3.05, 3.63) is 70.9 Å². The number of esters is 1. The maximum Gasteiger partial charge on any atom is 0.338 e. The quantitative estimate of drug-likeness (QED) is 0.700. The van der Waals surface area contributed by atoms with Crippen LogP contribution in [0, 0.1) is 0 Å². The number of ether oxygens (including phenoxy) is 3. The van der Waals surface area contributed by atoms with Gasteiger partial charge in [0, 0.05) is 11.3 Å². The molecule has 152 valence electrons. The van der Waals surface area contributed by atoms with Crippen molar-refractivity contribution in [1.29, 1.82) is 0 Å². The highest BCUT2D eigenvalue weighted by Gasteiger charge is 2.34. The Morgan fingerprint density at radius 1 is 1.10 bits per heavy atom. The molecule has 2 amide bonds. The number of hydrogen-bond acceptors (Lipinski definition) is 5. The normalized spacial score (nSPS) is 16.0. The van der Waals surface area contributed by atoms with Gasteiger partial charge in [-0.15, -0.1) is 0 Å². The Hall–Kier alpha value is -3.48. The van der Waals surface area contributed by atoms with Gasteiger partial charge >= 0.3 is 12.0 Å². The first-order valence-corrected chi connectivity index (χ1v) is 9.34. The molecule has 0 fully saturated rings. The van der Waals surface area contributed by atoms with Gasteiger partial charge in [0.1, 0.15) is 6.61 Å². The molecule has 29 heavy (non-hydrogen) atoms. The minimum atomic E-state index is -0.733. The lowest BCUT2D eigenvalue weighted by Crippen LogP contribution is -2.45. The van der Waals surface area contributed by atoms with Crippen LogP contribution in [0.15, 0.2) is 59.8 Å². The summed E-state index contributed by atoms with van der Waals surface area (Å²) < 4.78 is 16.8. The SMILES string of the molecule is CCOC(=O)C1=C(C)NC(=O)N[C@@H]1c1cccc(OC)c1OCc1ccccc1. The molecule has 1 heterocycles. The van der Waals surface area contributed by atoms with Crippen LogP contribution in [0.2, 0.25) is 0 Å². The molecule has 0 unspecified atom stereocenters. The zero-order chi connectivity index (χ0) is 20.8. The second kappa shape index (κ2) is 9.14. The standard InChI is InChI=1S/C22H24N2O5/c1-4-28-21(25)18-14(2)23-22(26)24-19(18)16-11-8-12-17(27-3)20(16)29-13-15-9-6-5-7-10-15/h5-12,19H,4,13H2,1-3H3,(H2,23,24,26)/t19-/m1/s1. The maximum absolute atomic E-state index is 12.6. The van der Waals surface area contributed by atoms with Crippen molar-refractivity contribution in [2.24, 2.45) is 0 Å². The van der Waals surface area contributed by atoms with Crippen LogP contribution in [0.3, 0.4) is 0 Å². The number of urea groups is 1. The van der Waals surface area contributed by atoms with Gasteiger partial charge in [-0.3, -0.25) is 0 Å². The third-order valence-electron chi connectivity index (χ3n) is 4.53. The molecular weight excluding hydrogens is 372 g/mol. The molecular formula is C22H24N2O5. The number of benzene rings is 2. The number of amides is 2. The molecule has 1 aliphatic rings. The average molecular weight is 396 g/mol. The van der Waals surface area contributed by atoms with Crippen molar-refractivity contribution in [3.8, 4) is 11.5 Å². The van der Waals surface area contributed by atoms with Crippen molar-refractivity contribution in [3.63, 3.8) is 0 Å². The predicted molar refractivity (Wildman–Crippen MR) is 108 cm³/mol. The van der Waals surface area contributed by atoms with Crippen LogP contribution in [0.5, 0.6) is 11.5 Å². The van der Waals surface area contributed by atoms with Crippen LogP contribution >= 0.6 is 0 Å². The molecule has 0 aromatic heterocycles. The summed E-state index contributed by atoms with van der Waals surface area (Å²) in [5.41, 5.74) is 2.35. The molecule has 0 saturated heterocycles. The second-order valence-corrected chi connectivity index (χ2v) is 6.44. The topological polar surface area (TPSA) is 85.9 Å². The van der Waals surface area contributed by atoms with Crippen molar-refractivity contribution >= 4 is 12.0 Å². The van der Waals surface area contributed by atoms with E-state index in [4.69, 9.17) is 14.2 Å². The van der Waals surface area contributed by atoms with E-state index < -0.39 is 18.0 Å². The molecule has 0 saturated carbocycles. The molecule has 2 aromatic carbocycles. The Morgan fingerprint density at radius 3 is 2.55 bits per heavy atom. The third kappa shape index (κ3) is 4.51. The maximum atomic E-state index is 12.6. The van der Waals surface area contributed by atoms with E-state index in [0.717, 1.165) is 5.56 Å². The molecule has 0 bridgehead atoms. The highest BCUT2D eigenvalue weighted by molar-refractivity contribution is 5.95. The summed E-state index contributed by atoms with van der Waals surface area (Å²) in [5.74, 6) is 0.465. The van der Waals surface area contributed by atoms with Gasteiger partial charge in [0.05, 0.1) is 25.3 Å². The molecule has 7 heteroatoms. The molecule has 0 aliphatic carbocycles. The predicted octanol–water partition coefficient (Wildman–Crippen LogP) is 3.47. The van der Waals surface area contributed by atoms with Crippen LogP contribution in [0.1, 0.15) is 31.0 Å². The van der Waals surface area contributed by atoms with E-state index in [9.17, 15) is 9.59 Å². The summed E-state index contributed by atoms with van der Waals surface area (Å²) in [4.78, 5) is 24.7. The van der Waals surface area contributed by atoms with Gasteiger partial charge in [0.2, 0.25) is 0 Å². The summed E-state index contributed by atoms with van der Waals surface area (Å²) in [6.07, 6.45) is 0. The largest absolute Gasteiger partial charge is 0.493 e. The molecule has 3 rings (SSSR count). The Kier molecular flexibility index (Phi) is 6.39. The Balaban J connectivity index is 2.02. The van der Waals surface area contributed by atoms with Gasteiger partial charge in [-0.25, -0.2) is 9.59 Å². The zero-order valence-corrected chi connectivity index (χ0v) is 16.7. The summed E-state index contributed by atoms with van der Waals surface area (Å²) in [5, 5.41) is 5.43. The number of para-hydroxylation sites is 1. The smallest absolute Gasteiger partial charge is 0.338 e. The summed E-state index contributed by atoms with van der Waals surface area (Å²) >= 11 is 0. The summed E-state index contributed by atoms with van der Waals surface area (Å²) in [6, 6.07) is 13.9. The van der Waals surface area contributed by atoms with Gasteiger partial charge in [0.25, 0.3) is 0 Å². The minimum absolute atomic E-state index is 0.228. The summed E-state index contributed by atoms with van der Waals surface area (Å²) in [7, 11) is 1.54. The molecule has 1 aliphatic heterocycles. The van der Waals surface area contributed by atoms with Crippen LogP contribution in [-0.4, -0.2) is 25.7 Å². The highest BCUT2D eigenvalue weighted by atomic mass is 16.5. The number of rotatable bonds is 7. The van der Waals surface area contributed by atoms with E-state index in [1.807, 2.05) is 30.3 Å². The molecule has 7 nitrogen and oxygen atoms in total. The molecule has 0 radical (unpaired) electrons. The van der Waals surface area contributed by atoms with Crippen LogP contribution in [0.4, 0.5) is 4.79 Å². The van der Waals surface area contributed by atoms with E-state index in [-0.39, 0.29) is 6.61 Å². The first kappa shape index (κ1) is 20.3. The Labute approximate surface area is 169 Å². The van der Waals surface area contributed by atoms with Crippen molar-refractivity contribution in [1.82, 2.24) is 10.6 Å². The lowest BCUT2D eigenvalue weighted by atomic mass is 9.94. The van der Waals surface area contributed by atoms with E-state index in [0.29, 0.717) is 34.9 Å². The first-order valence-electron chi connectivity index (χ1n) is 9.34. The Bertz CT molecular complexity index is 924. The minimum Gasteiger partial charge on any atom is -0.493 e.